The van der Waals surface area contributed by atoms with Gasteiger partial charge in [-0.2, -0.15) is 0 Å². The summed E-state index contributed by atoms with van der Waals surface area (Å²) < 4.78 is 11.2. The van der Waals surface area contributed by atoms with Crippen LogP contribution >= 0.6 is 0 Å². The zero-order valence-corrected chi connectivity index (χ0v) is 18.0. The molecule has 2 aromatic heterocycles. The van der Waals surface area contributed by atoms with Gasteiger partial charge in [-0.1, -0.05) is 6.42 Å². The Morgan fingerprint density at radius 3 is 2.72 bits per heavy atom. The van der Waals surface area contributed by atoms with Crippen LogP contribution in [0.5, 0.6) is 5.75 Å². The van der Waals surface area contributed by atoms with E-state index in [9.17, 15) is 0 Å². The van der Waals surface area contributed by atoms with Gasteiger partial charge >= 0.3 is 0 Å². The number of furan rings is 1. The number of aryl methyl sites for hydroxylation is 1. The molecule has 1 fully saturated rings. The average Bonchev–Trinajstić information content (AvgIpc) is 3.27. The smallest absolute Gasteiger partial charge is 0.191 e. The molecular formula is C22H33N5O2. The van der Waals surface area contributed by atoms with Gasteiger partial charge < -0.3 is 19.8 Å². The van der Waals surface area contributed by atoms with Gasteiger partial charge in [0.2, 0.25) is 0 Å². The van der Waals surface area contributed by atoms with E-state index in [1.165, 1.54) is 19.3 Å². The van der Waals surface area contributed by atoms with Crippen LogP contribution < -0.4 is 15.4 Å². The minimum atomic E-state index is 0.197. The van der Waals surface area contributed by atoms with E-state index < -0.39 is 0 Å². The topological polar surface area (TPSA) is 74.9 Å². The molecule has 0 saturated carbocycles. The molecule has 158 valence electrons. The normalized spacial score (nSPS) is 16.5. The number of aliphatic imine (C=N–C) groups is 1. The molecule has 0 aliphatic carbocycles. The monoisotopic (exact) mass is 399 g/mol. The molecule has 3 heterocycles. The molecule has 1 aliphatic heterocycles. The highest BCUT2D eigenvalue weighted by Crippen LogP contribution is 2.25. The Labute approximate surface area is 173 Å². The van der Waals surface area contributed by atoms with Crippen molar-refractivity contribution in [3.05, 3.63) is 47.2 Å². The van der Waals surface area contributed by atoms with E-state index in [-0.39, 0.29) is 6.04 Å². The molecular weight excluding hydrogens is 366 g/mol. The van der Waals surface area contributed by atoms with Crippen molar-refractivity contribution in [2.45, 2.75) is 45.7 Å². The molecule has 2 aromatic rings. The van der Waals surface area contributed by atoms with E-state index in [1.54, 1.807) is 20.4 Å². The van der Waals surface area contributed by atoms with E-state index >= 15 is 0 Å². The minimum Gasteiger partial charge on any atom is -0.496 e. The summed E-state index contributed by atoms with van der Waals surface area (Å²) in [6.45, 7) is 7.56. The van der Waals surface area contributed by atoms with Gasteiger partial charge in [0, 0.05) is 30.9 Å². The summed E-state index contributed by atoms with van der Waals surface area (Å²) >= 11 is 0. The highest BCUT2D eigenvalue weighted by Gasteiger charge is 2.24. The summed E-state index contributed by atoms with van der Waals surface area (Å²) in [5.41, 5.74) is 3.05. The lowest BCUT2D eigenvalue weighted by atomic mass is 10.1. The van der Waals surface area contributed by atoms with Crippen molar-refractivity contribution in [2.24, 2.45) is 4.99 Å². The molecule has 1 aliphatic rings. The zero-order valence-electron chi connectivity index (χ0n) is 18.0. The number of nitrogens with zero attached hydrogens (tertiary/aromatic N) is 3. The van der Waals surface area contributed by atoms with E-state index in [2.05, 4.69) is 31.6 Å². The van der Waals surface area contributed by atoms with Crippen LogP contribution in [0, 0.1) is 13.8 Å². The van der Waals surface area contributed by atoms with Crippen molar-refractivity contribution < 1.29 is 9.15 Å². The highest BCUT2D eigenvalue weighted by atomic mass is 16.5. The Bertz CT molecular complexity index is 798. The van der Waals surface area contributed by atoms with E-state index in [0.29, 0.717) is 6.54 Å². The number of rotatable bonds is 7. The lowest BCUT2D eigenvalue weighted by Crippen LogP contribution is -2.44. The van der Waals surface area contributed by atoms with Crippen LogP contribution in [0.2, 0.25) is 0 Å². The van der Waals surface area contributed by atoms with Crippen LogP contribution in [-0.4, -0.2) is 49.6 Å². The number of aromatic nitrogens is 1. The van der Waals surface area contributed by atoms with Crippen molar-refractivity contribution in [1.82, 2.24) is 20.5 Å². The first-order valence-electron chi connectivity index (χ1n) is 10.3. The Morgan fingerprint density at radius 1 is 1.28 bits per heavy atom. The number of guanidine groups is 1. The Balaban J connectivity index is 1.62. The van der Waals surface area contributed by atoms with E-state index in [4.69, 9.17) is 9.15 Å². The Morgan fingerprint density at radius 2 is 2.07 bits per heavy atom. The van der Waals surface area contributed by atoms with Crippen LogP contribution in [-0.2, 0) is 6.54 Å². The molecule has 0 amide bonds. The molecule has 1 atom stereocenters. The second kappa shape index (κ2) is 10.3. The van der Waals surface area contributed by atoms with Gasteiger partial charge in [-0.05, 0) is 51.9 Å². The molecule has 0 radical (unpaired) electrons. The molecule has 0 aromatic carbocycles. The molecule has 0 bridgehead atoms. The lowest BCUT2D eigenvalue weighted by Gasteiger charge is -2.33. The highest BCUT2D eigenvalue weighted by molar-refractivity contribution is 5.79. The third-order valence-electron chi connectivity index (χ3n) is 5.56. The van der Waals surface area contributed by atoms with Gasteiger partial charge in [-0.25, -0.2) is 0 Å². The van der Waals surface area contributed by atoms with Gasteiger partial charge in [-0.15, -0.1) is 0 Å². The second-order valence-electron chi connectivity index (χ2n) is 7.48. The van der Waals surface area contributed by atoms with Crippen molar-refractivity contribution in [2.75, 3.05) is 33.8 Å². The summed E-state index contributed by atoms with van der Waals surface area (Å²) in [6.07, 6.45) is 7.39. The SMILES string of the molecule is CN=C(NCc1ncc(C)c(OC)c1C)NCC(c1ccco1)N1CCCCC1. The first-order chi connectivity index (χ1) is 14.1. The van der Waals surface area contributed by atoms with Gasteiger partial charge in [0.15, 0.2) is 5.96 Å². The van der Waals surface area contributed by atoms with E-state index in [1.807, 2.05) is 26.1 Å². The summed E-state index contributed by atoms with van der Waals surface area (Å²) in [7, 11) is 3.48. The molecule has 29 heavy (non-hydrogen) atoms. The second-order valence-corrected chi connectivity index (χ2v) is 7.48. The molecule has 3 rings (SSSR count). The number of pyridine rings is 1. The molecule has 7 heteroatoms. The predicted molar refractivity (Wildman–Crippen MR) is 115 cm³/mol. The van der Waals surface area contributed by atoms with Crippen LogP contribution in [0.15, 0.2) is 34.0 Å². The van der Waals surface area contributed by atoms with Crippen LogP contribution in [0.1, 0.15) is 47.9 Å². The lowest BCUT2D eigenvalue weighted by molar-refractivity contribution is 0.146. The number of methoxy groups -OCH3 is 1. The van der Waals surface area contributed by atoms with Gasteiger partial charge in [0.05, 0.1) is 31.7 Å². The summed E-state index contributed by atoms with van der Waals surface area (Å²) in [5, 5.41) is 6.84. The molecule has 7 nitrogen and oxygen atoms in total. The Hall–Kier alpha value is -2.54. The number of ether oxygens (including phenoxy) is 1. The van der Waals surface area contributed by atoms with Gasteiger partial charge in [0.1, 0.15) is 11.5 Å². The average molecular weight is 400 g/mol. The van der Waals surface area contributed by atoms with Crippen LogP contribution in [0.3, 0.4) is 0 Å². The first kappa shape index (κ1) is 21.2. The number of hydrogen-bond donors (Lipinski definition) is 2. The van der Waals surface area contributed by atoms with Gasteiger partial charge in [0.25, 0.3) is 0 Å². The number of hydrogen-bond acceptors (Lipinski definition) is 5. The fourth-order valence-electron chi connectivity index (χ4n) is 3.95. The standard InChI is InChI=1S/C22H33N5O2/c1-16-13-24-18(17(2)21(16)28-4)14-25-22(23-3)26-15-19(20-9-8-12-29-20)27-10-6-5-7-11-27/h8-9,12-13,19H,5-7,10-11,14-15H2,1-4H3,(H2,23,25,26). The third-order valence-corrected chi connectivity index (χ3v) is 5.56. The Kier molecular flexibility index (Phi) is 7.52. The zero-order chi connectivity index (χ0) is 20.6. The number of piperidine rings is 1. The van der Waals surface area contributed by atoms with Crippen LogP contribution in [0.25, 0.3) is 0 Å². The van der Waals surface area contributed by atoms with Crippen molar-refractivity contribution >= 4 is 5.96 Å². The van der Waals surface area contributed by atoms with Crippen molar-refractivity contribution in [3.63, 3.8) is 0 Å². The minimum absolute atomic E-state index is 0.197. The number of nitrogens with one attached hydrogen (secondary N) is 2. The first-order valence-corrected chi connectivity index (χ1v) is 10.3. The van der Waals surface area contributed by atoms with Gasteiger partial charge in [-0.3, -0.25) is 14.9 Å². The maximum Gasteiger partial charge on any atom is 0.191 e. The maximum atomic E-state index is 5.73. The summed E-state index contributed by atoms with van der Waals surface area (Å²) in [6, 6.07) is 4.21. The molecule has 2 N–H and O–H groups in total. The summed E-state index contributed by atoms with van der Waals surface area (Å²) in [5.74, 6) is 2.64. The molecule has 0 spiro atoms. The van der Waals surface area contributed by atoms with E-state index in [0.717, 1.165) is 53.9 Å². The largest absolute Gasteiger partial charge is 0.496 e. The van der Waals surface area contributed by atoms with Crippen molar-refractivity contribution in [1.29, 1.82) is 0 Å². The molecule has 1 saturated heterocycles. The summed E-state index contributed by atoms with van der Waals surface area (Å²) in [4.78, 5) is 11.4. The number of likely N-dealkylation sites (tertiary alicyclic amines) is 1. The fourth-order valence-corrected chi connectivity index (χ4v) is 3.95. The fraction of sp³-hybridized carbons (Fsp3) is 0.545. The quantitative estimate of drug-likeness (QED) is 0.550. The predicted octanol–water partition coefficient (Wildman–Crippen LogP) is 3.19. The van der Waals surface area contributed by atoms with Crippen molar-refractivity contribution in [3.8, 4) is 5.75 Å². The third kappa shape index (κ3) is 5.29. The van der Waals surface area contributed by atoms with Crippen LogP contribution in [0.4, 0.5) is 0 Å². The maximum absolute atomic E-state index is 5.73. The molecule has 1 unspecified atom stereocenters.